The lowest BCUT2D eigenvalue weighted by atomic mass is 9.77. The first-order valence-corrected chi connectivity index (χ1v) is 14.5. The number of aliphatic hydroxyl groups is 2. The number of hydrogen-bond acceptors (Lipinski definition) is 10. The van der Waals surface area contributed by atoms with Gasteiger partial charge in [0, 0.05) is 41.8 Å². The van der Waals surface area contributed by atoms with Crippen LogP contribution in [-0.2, 0) is 9.53 Å². The Morgan fingerprint density at radius 3 is 2.68 bits per heavy atom. The molecule has 12 nitrogen and oxygen atoms in total. The monoisotopic (exact) mass is 606 g/mol. The van der Waals surface area contributed by atoms with E-state index in [0.29, 0.717) is 52.9 Å². The number of amides is 2. The second-order valence-electron chi connectivity index (χ2n) is 11.0. The third kappa shape index (κ3) is 5.18. The van der Waals surface area contributed by atoms with Crippen LogP contribution >= 0.6 is 0 Å². The fraction of sp³-hybridized carbons (Fsp3) is 0.406. The number of carbonyl (C=O) groups is 3. The van der Waals surface area contributed by atoms with E-state index < -0.39 is 36.0 Å². The van der Waals surface area contributed by atoms with Crippen LogP contribution < -0.4 is 19.5 Å². The molecule has 2 aliphatic heterocycles. The van der Waals surface area contributed by atoms with Crippen molar-refractivity contribution in [3.63, 3.8) is 0 Å². The summed E-state index contributed by atoms with van der Waals surface area (Å²) in [7, 11) is 2.95. The van der Waals surface area contributed by atoms with Crippen LogP contribution in [0.4, 0.5) is 0 Å². The summed E-state index contributed by atoms with van der Waals surface area (Å²) < 4.78 is 29.0. The van der Waals surface area contributed by atoms with E-state index in [0.717, 1.165) is 6.42 Å². The predicted octanol–water partition coefficient (Wildman–Crippen LogP) is 2.21. The Kier molecular flexibility index (Phi) is 8.30. The number of methoxy groups -OCH3 is 2. The summed E-state index contributed by atoms with van der Waals surface area (Å²) in [6, 6.07) is 9.04. The maximum atomic E-state index is 14.3. The molecule has 2 aromatic carbocycles. The van der Waals surface area contributed by atoms with Crippen molar-refractivity contribution in [2.24, 2.45) is 0 Å². The molecule has 1 aliphatic carbocycles. The van der Waals surface area contributed by atoms with Gasteiger partial charge in [-0.3, -0.25) is 14.4 Å². The highest BCUT2D eigenvalue weighted by Gasteiger charge is 2.52. The Balaban J connectivity index is 1.45. The molecule has 1 aromatic heterocycles. The van der Waals surface area contributed by atoms with Crippen molar-refractivity contribution >= 4 is 29.1 Å². The number of nitrogens with one attached hydrogen (secondary N) is 1. The maximum absolute atomic E-state index is 14.3. The van der Waals surface area contributed by atoms with Crippen LogP contribution in [-0.4, -0.2) is 98.1 Å². The lowest BCUT2D eigenvalue weighted by Crippen LogP contribution is -2.57. The Bertz CT molecular complexity index is 1610. The molecule has 0 bridgehead atoms. The third-order valence-electron chi connectivity index (χ3n) is 8.39. The largest absolute Gasteiger partial charge is 0.493 e. The van der Waals surface area contributed by atoms with E-state index in [-0.39, 0.29) is 42.9 Å². The van der Waals surface area contributed by atoms with Crippen molar-refractivity contribution in [3.05, 3.63) is 64.9 Å². The smallest absolute Gasteiger partial charge is 0.290 e. The number of aldehydes is 1. The van der Waals surface area contributed by atoms with Gasteiger partial charge in [-0.15, -0.1) is 0 Å². The Morgan fingerprint density at radius 2 is 1.98 bits per heavy atom. The van der Waals surface area contributed by atoms with Crippen LogP contribution in [0, 0.1) is 0 Å². The van der Waals surface area contributed by atoms with Gasteiger partial charge in [0.25, 0.3) is 5.91 Å². The highest BCUT2D eigenvalue weighted by Crippen LogP contribution is 2.51. The standard InChI is InChI=1S/C32H34N2O10/c1-40-23-7-3-5-18-13-25(43-28(18)23)32(39)34(15-19-6-4-10-42-19)22-14-21(31(38)33-8-9-35)26-20-11-17(16-36)12-24(41-2)29(20)44-30(26)27(22)37/h3,5,7,11-14,16,19,22,26-27,30,35,37H,4,6,8-10,15H2,1-2H3,(H,33,38)/t19-,22+,26-,27-,30-/m0/s1. The van der Waals surface area contributed by atoms with Crippen LogP contribution in [0.3, 0.4) is 0 Å². The maximum Gasteiger partial charge on any atom is 0.290 e. The number of furan rings is 1. The van der Waals surface area contributed by atoms with Gasteiger partial charge in [-0.1, -0.05) is 12.1 Å². The van der Waals surface area contributed by atoms with Gasteiger partial charge < -0.3 is 43.8 Å². The van der Waals surface area contributed by atoms with Crippen LogP contribution in [0.2, 0.25) is 0 Å². The summed E-state index contributed by atoms with van der Waals surface area (Å²) in [6.07, 6.45) is 1.18. The first-order valence-electron chi connectivity index (χ1n) is 14.5. The molecule has 0 spiro atoms. The lowest BCUT2D eigenvalue weighted by molar-refractivity contribution is -0.118. The Hall–Kier alpha value is -4.39. The molecule has 5 atom stereocenters. The number of rotatable bonds is 10. The number of hydrogen-bond donors (Lipinski definition) is 3. The molecule has 0 saturated carbocycles. The van der Waals surface area contributed by atoms with Crippen molar-refractivity contribution in [3.8, 4) is 17.2 Å². The Labute approximate surface area is 253 Å². The molecule has 3 heterocycles. The van der Waals surface area contributed by atoms with Crippen molar-refractivity contribution in [2.75, 3.05) is 40.5 Å². The summed E-state index contributed by atoms with van der Waals surface area (Å²) in [6.45, 7) is 0.383. The molecule has 0 radical (unpaired) electrons. The minimum absolute atomic E-state index is 0.00836. The number of para-hydroxylation sites is 1. The molecule has 44 heavy (non-hydrogen) atoms. The minimum Gasteiger partial charge on any atom is -0.493 e. The fourth-order valence-corrected chi connectivity index (χ4v) is 6.35. The summed E-state index contributed by atoms with van der Waals surface area (Å²) >= 11 is 0. The molecule has 232 valence electrons. The van der Waals surface area contributed by atoms with Gasteiger partial charge in [-0.25, -0.2) is 0 Å². The van der Waals surface area contributed by atoms with Gasteiger partial charge >= 0.3 is 0 Å². The molecule has 0 unspecified atom stereocenters. The highest BCUT2D eigenvalue weighted by atomic mass is 16.5. The number of ether oxygens (including phenoxy) is 4. The average Bonchev–Trinajstić information content (AvgIpc) is 3.81. The number of aliphatic hydroxyl groups excluding tert-OH is 2. The number of fused-ring (bicyclic) bond motifs is 4. The van der Waals surface area contributed by atoms with Crippen molar-refractivity contribution in [2.45, 2.75) is 43.1 Å². The molecule has 3 aromatic rings. The zero-order valence-corrected chi connectivity index (χ0v) is 24.4. The molecular weight excluding hydrogens is 572 g/mol. The first-order chi connectivity index (χ1) is 21.4. The summed E-state index contributed by atoms with van der Waals surface area (Å²) in [4.78, 5) is 41.0. The van der Waals surface area contributed by atoms with Crippen LogP contribution in [0.1, 0.15) is 45.2 Å². The predicted molar refractivity (Wildman–Crippen MR) is 156 cm³/mol. The van der Waals surface area contributed by atoms with Gasteiger partial charge in [0.05, 0.1) is 38.9 Å². The molecule has 2 amide bonds. The van der Waals surface area contributed by atoms with Crippen LogP contribution in [0.15, 0.2) is 52.5 Å². The van der Waals surface area contributed by atoms with Crippen LogP contribution in [0.5, 0.6) is 17.2 Å². The lowest BCUT2D eigenvalue weighted by Gasteiger charge is -2.41. The van der Waals surface area contributed by atoms with E-state index in [2.05, 4.69) is 5.32 Å². The second kappa shape index (κ2) is 12.3. The summed E-state index contributed by atoms with van der Waals surface area (Å²) in [5.74, 6) is -0.712. The summed E-state index contributed by atoms with van der Waals surface area (Å²) in [5.41, 5.74) is 1.44. The zero-order valence-electron chi connectivity index (χ0n) is 24.4. The van der Waals surface area contributed by atoms with E-state index in [9.17, 15) is 24.6 Å². The SMILES string of the molecule is COc1cc(C=O)cc2c1O[C@@H]1[C@@H](O)[C@H](N(C[C@@H]3CCCO3)C(=O)c3cc4cccc(OC)c4o3)C=C(C(=O)NCCO)[C@H]21. The number of carbonyl (C=O) groups excluding carboxylic acids is 3. The van der Waals surface area contributed by atoms with E-state index in [1.54, 1.807) is 36.4 Å². The van der Waals surface area contributed by atoms with Crippen molar-refractivity contribution in [1.29, 1.82) is 0 Å². The molecule has 3 aliphatic rings. The third-order valence-corrected chi connectivity index (χ3v) is 8.39. The van der Waals surface area contributed by atoms with Gasteiger partial charge in [-0.05, 0) is 43.2 Å². The minimum atomic E-state index is -1.30. The van der Waals surface area contributed by atoms with E-state index >= 15 is 0 Å². The van der Waals surface area contributed by atoms with Gasteiger partial charge in [0.2, 0.25) is 5.91 Å². The first kappa shape index (κ1) is 29.7. The van der Waals surface area contributed by atoms with E-state index in [1.165, 1.54) is 25.2 Å². The molecule has 3 N–H and O–H groups in total. The van der Waals surface area contributed by atoms with E-state index in [1.807, 2.05) is 0 Å². The quantitative estimate of drug-likeness (QED) is 0.292. The van der Waals surface area contributed by atoms with Gasteiger partial charge in [-0.2, -0.15) is 0 Å². The summed E-state index contributed by atoms with van der Waals surface area (Å²) in [5, 5.41) is 24.6. The number of nitrogens with zero attached hydrogens (tertiary/aromatic N) is 1. The van der Waals surface area contributed by atoms with Crippen molar-refractivity contribution < 1.29 is 48.0 Å². The fourth-order valence-electron chi connectivity index (χ4n) is 6.35. The Morgan fingerprint density at radius 1 is 1.16 bits per heavy atom. The van der Waals surface area contributed by atoms with E-state index in [4.69, 9.17) is 23.4 Å². The van der Waals surface area contributed by atoms with Crippen molar-refractivity contribution in [1.82, 2.24) is 10.2 Å². The highest BCUT2D eigenvalue weighted by molar-refractivity contribution is 5.99. The zero-order chi connectivity index (χ0) is 31.0. The number of benzene rings is 2. The topological polar surface area (TPSA) is 157 Å². The molecular formula is C32H34N2O10. The normalized spacial score (nSPS) is 23.7. The molecule has 1 saturated heterocycles. The van der Waals surface area contributed by atoms with Crippen LogP contribution in [0.25, 0.3) is 11.0 Å². The molecule has 12 heteroatoms. The van der Waals surface area contributed by atoms with Gasteiger partial charge in [0.15, 0.2) is 28.6 Å². The second-order valence-corrected chi connectivity index (χ2v) is 11.0. The molecule has 1 fully saturated rings. The average molecular weight is 607 g/mol. The van der Waals surface area contributed by atoms with Gasteiger partial charge in [0.1, 0.15) is 18.5 Å². The molecule has 6 rings (SSSR count).